The smallest absolute Gasteiger partial charge is 0.251 e. The number of hydrogen-bond donors (Lipinski definition) is 2. The lowest BCUT2D eigenvalue weighted by Crippen LogP contribution is -2.38. The second kappa shape index (κ2) is 5.27. The largest absolute Gasteiger partial charge is 0.352 e. The molecule has 6 heteroatoms. The van der Waals surface area contributed by atoms with Crippen molar-refractivity contribution >= 4 is 27.7 Å². The Bertz CT molecular complexity index is 450. The molecule has 1 atom stereocenters. The Morgan fingerprint density at radius 3 is 3.12 bits per heavy atom. The first-order valence-corrected chi connectivity index (χ1v) is 6.13. The van der Waals surface area contributed by atoms with E-state index in [2.05, 4.69) is 31.5 Å². The minimum absolute atomic E-state index is 0.0518. The summed E-state index contributed by atoms with van der Waals surface area (Å²) in [6.45, 7) is 0.463. The Morgan fingerprint density at radius 2 is 2.47 bits per heavy atom. The molecule has 0 spiro atoms. The molecule has 0 aliphatic carbocycles. The second-order valence-corrected chi connectivity index (χ2v) is 4.69. The van der Waals surface area contributed by atoms with Gasteiger partial charge in [0.25, 0.3) is 5.91 Å². The van der Waals surface area contributed by atoms with Crippen molar-refractivity contribution < 1.29 is 9.59 Å². The molecule has 17 heavy (non-hydrogen) atoms. The summed E-state index contributed by atoms with van der Waals surface area (Å²) in [6, 6.07) is 3.35. The van der Waals surface area contributed by atoms with E-state index in [-0.39, 0.29) is 17.9 Å². The van der Waals surface area contributed by atoms with Crippen molar-refractivity contribution in [2.45, 2.75) is 18.9 Å². The highest BCUT2D eigenvalue weighted by atomic mass is 79.9. The maximum absolute atomic E-state index is 11.8. The highest BCUT2D eigenvalue weighted by Gasteiger charge is 2.21. The van der Waals surface area contributed by atoms with Crippen molar-refractivity contribution in [2.24, 2.45) is 0 Å². The zero-order chi connectivity index (χ0) is 12.3. The molecule has 1 aromatic rings. The molecule has 1 aromatic heterocycles. The second-order valence-electron chi connectivity index (χ2n) is 3.88. The van der Waals surface area contributed by atoms with Crippen LogP contribution in [0.5, 0.6) is 0 Å². The fourth-order valence-corrected chi connectivity index (χ4v) is 2.06. The van der Waals surface area contributed by atoms with Gasteiger partial charge in [0.1, 0.15) is 4.60 Å². The maximum atomic E-state index is 11.8. The summed E-state index contributed by atoms with van der Waals surface area (Å²) in [7, 11) is 0. The van der Waals surface area contributed by atoms with Gasteiger partial charge >= 0.3 is 0 Å². The van der Waals surface area contributed by atoms with Gasteiger partial charge in [-0.1, -0.05) is 0 Å². The predicted octanol–water partition coefficient (Wildman–Crippen LogP) is 0.853. The van der Waals surface area contributed by atoms with Gasteiger partial charge < -0.3 is 10.6 Å². The molecule has 1 aliphatic rings. The van der Waals surface area contributed by atoms with Gasteiger partial charge in [-0.05, 0) is 34.5 Å². The molecule has 0 aromatic carbocycles. The highest BCUT2D eigenvalue weighted by Crippen LogP contribution is 2.09. The van der Waals surface area contributed by atoms with Crippen LogP contribution in [0.4, 0.5) is 0 Å². The molecule has 2 N–H and O–H groups in total. The first-order chi connectivity index (χ1) is 8.15. The molecule has 1 aliphatic heterocycles. The third kappa shape index (κ3) is 3.26. The number of nitrogens with one attached hydrogen (secondary N) is 2. The Labute approximate surface area is 107 Å². The monoisotopic (exact) mass is 297 g/mol. The molecular formula is C11H12BrN3O2. The van der Waals surface area contributed by atoms with E-state index >= 15 is 0 Å². The number of hydrogen-bond acceptors (Lipinski definition) is 3. The molecular weight excluding hydrogens is 286 g/mol. The van der Waals surface area contributed by atoms with E-state index in [4.69, 9.17) is 0 Å². The van der Waals surface area contributed by atoms with E-state index in [9.17, 15) is 9.59 Å². The number of aromatic nitrogens is 1. The van der Waals surface area contributed by atoms with Gasteiger partial charge in [0.05, 0.1) is 0 Å². The van der Waals surface area contributed by atoms with E-state index in [1.807, 2.05) is 0 Å². The summed E-state index contributed by atoms with van der Waals surface area (Å²) in [5, 5.41) is 5.58. The summed E-state index contributed by atoms with van der Waals surface area (Å²) >= 11 is 3.21. The average Bonchev–Trinajstić information content (AvgIpc) is 2.72. The Morgan fingerprint density at radius 1 is 1.65 bits per heavy atom. The number of carbonyl (C=O) groups excluding carboxylic acids is 2. The number of amides is 2. The zero-order valence-electron chi connectivity index (χ0n) is 9.07. The van der Waals surface area contributed by atoms with Crippen LogP contribution in [-0.4, -0.2) is 29.4 Å². The normalized spacial score (nSPS) is 18.9. The van der Waals surface area contributed by atoms with Crippen molar-refractivity contribution in [3.05, 3.63) is 28.5 Å². The average molecular weight is 298 g/mol. The standard InChI is InChI=1S/C11H12BrN3O2/c12-9-5-7(3-4-13-9)11(17)14-6-8-1-2-10(16)15-8/h3-5,8H,1-2,6H2,(H,14,17)(H,15,16). The van der Waals surface area contributed by atoms with E-state index in [0.717, 1.165) is 6.42 Å². The van der Waals surface area contributed by atoms with Crippen LogP contribution in [0.3, 0.4) is 0 Å². The Hall–Kier alpha value is -1.43. The van der Waals surface area contributed by atoms with Gasteiger partial charge in [-0.2, -0.15) is 0 Å². The van der Waals surface area contributed by atoms with Crippen molar-refractivity contribution in [3.8, 4) is 0 Å². The van der Waals surface area contributed by atoms with Gasteiger partial charge in [0, 0.05) is 30.8 Å². The van der Waals surface area contributed by atoms with E-state index < -0.39 is 0 Å². The Kier molecular flexibility index (Phi) is 3.73. The maximum Gasteiger partial charge on any atom is 0.251 e. The Balaban J connectivity index is 1.87. The van der Waals surface area contributed by atoms with Gasteiger partial charge in [-0.25, -0.2) is 4.98 Å². The van der Waals surface area contributed by atoms with Crippen molar-refractivity contribution in [3.63, 3.8) is 0 Å². The minimum atomic E-state index is -0.158. The van der Waals surface area contributed by atoms with Crippen LogP contribution >= 0.6 is 15.9 Å². The first-order valence-electron chi connectivity index (χ1n) is 5.34. The SMILES string of the molecule is O=C1CCC(CNC(=O)c2ccnc(Br)c2)N1. The lowest BCUT2D eigenvalue weighted by molar-refractivity contribution is -0.119. The summed E-state index contributed by atoms with van der Waals surface area (Å²) in [4.78, 5) is 26.7. The molecule has 0 bridgehead atoms. The fourth-order valence-electron chi connectivity index (χ4n) is 1.69. The van der Waals surface area contributed by atoms with Crippen LogP contribution in [0.25, 0.3) is 0 Å². The van der Waals surface area contributed by atoms with Crippen LogP contribution < -0.4 is 10.6 Å². The number of pyridine rings is 1. The molecule has 0 radical (unpaired) electrons. The van der Waals surface area contributed by atoms with Crippen molar-refractivity contribution in [1.82, 2.24) is 15.6 Å². The van der Waals surface area contributed by atoms with Gasteiger partial charge in [0.2, 0.25) is 5.91 Å². The lowest BCUT2D eigenvalue weighted by Gasteiger charge is -2.11. The van der Waals surface area contributed by atoms with Crippen LogP contribution in [0.15, 0.2) is 22.9 Å². The topological polar surface area (TPSA) is 71.1 Å². The summed E-state index contributed by atoms with van der Waals surface area (Å²) in [5.74, 6) is -0.106. The zero-order valence-corrected chi connectivity index (χ0v) is 10.7. The molecule has 1 unspecified atom stereocenters. The minimum Gasteiger partial charge on any atom is -0.352 e. The third-order valence-electron chi connectivity index (χ3n) is 2.58. The van der Waals surface area contributed by atoms with Crippen LogP contribution in [0.2, 0.25) is 0 Å². The summed E-state index contributed by atoms with van der Waals surface area (Å²) < 4.78 is 0.624. The molecule has 1 saturated heterocycles. The molecule has 5 nitrogen and oxygen atoms in total. The third-order valence-corrected chi connectivity index (χ3v) is 3.02. The molecule has 2 heterocycles. The van der Waals surface area contributed by atoms with Crippen molar-refractivity contribution in [2.75, 3.05) is 6.54 Å². The molecule has 2 amide bonds. The molecule has 2 rings (SSSR count). The van der Waals surface area contributed by atoms with Crippen molar-refractivity contribution in [1.29, 1.82) is 0 Å². The van der Waals surface area contributed by atoms with Crippen LogP contribution in [-0.2, 0) is 4.79 Å². The van der Waals surface area contributed by atoms with Gasteiger partial charge in [0.15, 0.2) is 0 Å². The number of nitrogens with zero attached hydrogens (tertiary/aromatic N) is 1. The lowest BCUT2D eigenvalue weighted by atomic mass is 10.2. The first kappa shape index (κ1) is 12.0. The molecule has 0 saturated carbocycles. The molecule has 1 fully saturated rings. The number of carbonyl (C=O) groups is 2. The fraction of sp³-hybridized carbons (Fsp3) is 0.364. The quantitative estimate of drug-likeness (QED) is 0.813. The van der Waals surface area contributed by atoms with Gasteiger partial charge in [-0.15, -0.1) is 0 Å². The summed E-state index contributed by atoms with van der Waals surface area (Å²) in [6.07, 6.45) is 2.89. The van der Waals surface area contributed by atoms with Gasteiger partial charge in [-0.3, -0.25) is 9.59 Å². The predicted molar refractivity (Wildman–Crippen MR) is 65.4 cm³/mol. The highest BCUT2D eigenvalue weighted by molar-refractivity contribution is 9.10. The molecule has 90 valence electrons. The summed E-state index contributed by atoms with van der Waals surface area (Å²) in [5.41, 5.74) is 0.552. The van der Waals surface area contributed by atoms with Crippen LogP contribution in [0, 0.1) is 0 Å². The number of rotatable bonds is 3. The van der Waals surface area contributed by atoms with E-state index in [0.29, 0.717) is 23.1 Å². The van der Waals surface area contributed by atoms with Crippen LogP contribution in [0.1, 0.15) is 23.2 Å². The van der Waals surface area contributed by atoms with E-state index in [1.54, 1.807) is 18.3 Å². The van der Waals surface area contributed by atoms with E-state index in [1.165, 1.54) is 0 Å². The number of halogens is 1.